The Bertz CT molecular complexity index is 285. The summed E-state index contributed by atoms with van der Waals surface area (Å²) in [5.41, 5.74) is 0.242. The highest BCUT2D eigenvalue weighted by atomic mass is 16.5. The topological polar surface area (TPSA) is 32.8 Å². The zero-order chi connectivity index (χ0) is 12.5. The molecule has 1 atom stereocenters. The predicted octanol–water partition coefficient (Wildman–Crippen LogP) is 0.966. The summed E-state index contributed by atoms with van der Waals surface area (Å²) in [5.74, 6) is 0.871. The van der Waals surface area contributed by atoms with E-state index in [1.165, 1.54) is 12.8 Å². The first kappa shape index (κ1) is 12.8. The van der Waals surface area contributed by atoms with E-state index >= 15 is 0 Å². The highest BCUT2D eigenvalue weighted by Crippen LogP contribution is 2.38. The Kier molecular flexibility index (Phi) is 3.73. The quantitative estimate of drug-likeness (QED) is 0.737. The minimum Gasteiger partial charge on any atom is -0.381 e. The standard InChI is InChI=1S/C13H24N2O2/c1-4-17-8-12-5-6-14(3)13(7-12)9-15(10-13)11(2)16/h12H,4-10H2,1-3H3/t12-/m1/s1. The van der Waals surface area contributed by atoms with Gasteiger partial charge >= 0.3 is 0 Å². The van der Waals surface area contributed by atoms with Gasteiger partial charge in [-0.3, -0.25) is 9.69 Å². The average molecular weight is 240 g/mol. The molecule has 0 N–H and O–H groups in total. The normalized spacial score (nSPS) is 28.2. The first-order valence-corrected chi connectivity index (χ1v) is 6.62. The molecule has 2 saturated heterocycles. The van der Waals surface area contributed by atoms with Crippen molar-refractivity contribution in [3.8, 4) is 0 Å². The number of amides is 1. The Morgan fingerprint density at radius 2 is 2.18 bits per heavy atom. The van der Waals surface area contributed by atoms with Crippen LogP contribution < -0.4 is 0 Å². The molecule has 1 amide bonds. The highest BCUT2D eigenvalue weighted by Gasteiger charge is 2.50. The number of likely N-dealkylation sites (N-methyl/N-ethyl adjacent to an activating group) is 1. The van der Waals surface area contributed by atoms with Crippen molar-refractivity contribution in [2.45, 2.75) is 32.2 Å². The Balaban J connectivity index is 1.90. The number of ether oxygens (including phenoxy) is 1. The molecule has 2 aliphatic rings. The molecule has 98 valence electrons. The molecular weight excluding hydrogens is 216 g/mol. The lowest BCUT2D eigenvalue weighted by Crippen LogP contribution is -2.72. The zero-order valence-corrected chi connectivity index (χ0v) is 11.2. The molecule has 1 spiro atoms. The number of carbonyl (C=O) groups is 1. The fraction of sp³-hybridized carbons (Fsp3) is 0.923. The summed E-state index contributed by atoms with van der Waals surface area (Å²) in [6.45, 7) is 8.33. The first-order chi connectivity index (χ1) is 8.07. The van der Waals surface area contributed by atoms with E-state index in [-0.39, 0.29) is 11.4 Å². The fourth-order valence-electron chi connectivity index (χ4n) is 3.09. The molecular formula is C13H24N2O2. The van der Waals surface area contributed by atoms with Crippen molar-refractivity contribution in [1.29, 1.82) is 0 Å². The van der Waals surface area contributed by atoms with Crippen LogP contribution in [0.2, 0.25) is 0 Å². The van der Waals surface area contributed by atoms with Crippen LogP contribution in [0.5, 0.6) is 0 Å². The van der Waals surface area contributed by atoms with Crippen LogP contribution in [-0.4, -0.2) is 61.1 Å². The predicted molar refractivity (Wildman–Crippen MR) is 66.8 cm³/mol. The van der Waals surface area contributed by atoms with Crippen LogP contribution >= 0.6 is 0 Å². The maximum Gasteiger partial charge on any atom is 0.219 e. The lowest BCUT2D eigenvalue weighted by molar-refractivity contribution is -0.148. The molecule has 17 heavy (non-hydrogen) atoms. The van der Waals surface area contributed by atoms with Gasteiger partial charge in [0.05, 0.1) is 5.54 Å². The minimum atomic E-state index is 0.205. The molecule has 0 saturated carbocycles. The number of nitrogens with zero attached hydrogens (tertiary/aromatic N) is 2. The second-order valence-corrected chi connectivity index (χ2v) is 5.54. The summed E-state index contributed by atoms with van der Waals surface area (Å²) in [4.78, 5) is 15.7. The average Bonchev–Trinajstić information content (AvgIpc) is 2.24. The summed E-state index contributed by atoms with van der Waals surface area (Å²) in [7, 11) is 2.19. The van der Waals surface area contributed by atoms with Crippen LogP contribution in [0, 0.1) is 5.92 Å². The van der Waals surface area contributed by atoms with Crippen LogP contribution in [0.3, 0.4) is 0 Å². The Morgan fingerprint density at radius 1 is 1.47 bits per heavy atom. The minimum absolute atomic E-state index is 0.205. The summed E-state index contributed by atoms with van der Waals surface area (Å²) in [6.07, 6.45) is 2.39. The molecule has 4 nitrogen and oxygen atoms in total. The van der Waals surface area contributed by atoms with Crippen LogP contribution in [0.25, 0.3) is 0 Å². The second-order valence-electron chi connectivity index (χ2n) is 5.54. The van der Waals surface area contributed by atoms with Gasteiger partial charge < -0.3 is 9.64 Å². The molecule has 2 rings (SSSR count). The number of rotatable bonds is 3. The van der Waals surface area contributed by atoms with Gasteiger partial charge in [-0.2, -0.15) is 0 Å². The van der Waals surface area contributed by atoms with Gasteiger partial charge in [-0.05, 0) is 39.3 Å². The summed E-state index contributed by atoms with van der Waals surface area (Å²) in [5, 5.41) is 0. The molecule has 0 aromatic heterocycles. The Morgan fingerprint density at radius 3 is 2.76 bits per heavy atom. The third-order valence-electron chi connectivity index (χ3n) is 4.32. The smallest absolute Gasteiger partial charge is 0.219 e. The molecule has 0 aromatic carbocycles. The molecule has 0 radical (unpaired) electrons. The van der Waals surface area contributed by atoms with Gasteiger partial charge in [0.25, 0.3) is 0 Å². The van der Waals surface area contributed by atoms with Gasteiger partial charge in [0.1, 0.15) is 0 Å². The van der Waals surface area contributed by atoms with E-state index < -0.39 is 0 Å². The van der Waals surface area contributed by atoms with Crippen molar-refractivity contribution in [3.63, 3.8) is 0 Å². The van der Waals surface area contributed by atoms with E-state index in [9.17, 15) is 4.79 Å². The van der Waals surface area contributed by atoms with E-state index in [4.69, 9.17) is 4.74 Å². The van der Waals surface area contributed by atoms with Crippen LogP contribution in [0.4, 0.5) is 0 Å². The number of likely N-dealkylation sites (tertiary alicyclic amines) is 2. The first-order valence-electron chi connectivity index (χ1n) is 6.62. The molecule has 0 unspecified atom stereocenters. The monoisotopic (exact) mass is 240 g/mol. The van der Waals surface area contributed by atoms with Crippen molar-refractivity contribution < 1.29 is 9.53 Å². The molecule has 2 heterocycles. The molecule has 4 heteroatoms. The van der Waals surface area contributed by atoms with Gasteiger partial charge in [-0.15, -0.1) is 0 Å². The van der Waals surface area contributed by atoms with Crippen molar-refractivity contribution in [2.24, 2.45) is 5.92 Å². The molecule has 2 fully saturated rings. The van der Waals surface area contributed by atoms with E-state index in [1.54, 1.807) is 6.92 Å². The van der Waals surface area contributed by atoms with Gasteiger partial charge in [0, 0.05) is 33.2 Å². The van der Waals surface area contributed by atoms with E-state index in [0.717, 1.165) is 32.8 Å². The number of piperidine rings is 1. The zero-order valence-electron chi connectivity index (χ0n) is 11.2. The highest BCUT2D eigenvalue weighted by molar-refractivity contribution is 5.74. The van der Waals surface area contributed by atoms with E-state index in [2.05, 4.69) is 11.9 Å². The van der Waals surface area contributed by atoms with Crippen LogP contribution in [0.15, 0.2) is 0 Å². The lowest BCUT2D eigenvalue weighted by atomic mass is 9.75. The summed E-state index contributed by atoms with van der Waals surface area (Å²) in [6, 6.07) is 0. The maximum atomic E-state index is 11.3. The van der Waals surface area contributed by atoms with Gasteiger partial charge in [0.2, 0.25) is 5.91 Å². The van der Waals surface area contributed by atoms with Crippen molar-refractivity contribution >= 4 is 5.91 Å². The lowest BCUT2D eigenvalue weighted by Gasteiger charge is -2.58. The summed E-state index contributed by atoms with van der Waals surface area (Å²) < 4.78 is 5.55. The number of hydrogen-bond acceptors (Lipinski definition) is 3. The van der Waals surface area contributed by atoms with E-state index in [0.29, 0.717) is 5.92 Å². The Hall–Kier alpha value is -0.610. The number of hydrogen-bond donors (Lipinski definition) is 0. The van der Waals surface area contributed by atoms with Crippen LogP contribution in [0.1, 0.15) is 26.7 Å². The maximum absolute atomic E-state index is 11.3. The third-order valence-corrected chi connectivity index (χ3v) is 4.32. The van der Waals surface area contributed by atoms with Gasteiger partial charge in [-0.25, -0.2) is 0 Å². The molecule has 2 aliphatic heterocycles. The van der Waals surface area contributed by atoms with Gasteiger partial charge in [0.15, 0.2) is 0 Å². The largest absolute Gasteiger partial charge is 0.381 e. The van der Waals surface area contributed by atoms with E-state index in [1.807, 2.05) is 11.8 Å². The van der Waals surface area contributed by atoms with Crippen molar-refractivity contribution in [1.82, 2.24) is 9.80 Å². The van der Waals surface area contributed by atoms with Crippen molar-refractivity contribution in [2.75, 3.05) is 39.9 Å². The van der Waals surface area contributed by atoms with Crippen molar-refractivity contribution in [3.05, 3.63) is 0 Å². The SMILES string of the molecule is CCOC[C@@H]1CCN(C)C2(C1)CN(C(C)=O)C2. The van der Waals surface area contributed by atoms with Crippen LogP contribution in [-0.2, 0) is 9.53 Å². The Labute approximate surface area is 104 Å². The molecule has 0 aromatic rings. The third kappa shape index (κ3) is 2.47. The molecule has 0 bridgehead atoms. The molecule has 0 aliphatic carbocycles. The number of carbonyl (C=O) groups excluding carboxylic acids is 1. The fourth-order valence-corrected chi connectivity index (χ4v) is 3.09. The van der Waals surface area contributed by atoms with Gasteiger partial charge in [-0.1, -0.05) is 0 Å². The summed E-state index contributed by atoms with van der Waals surface area (Å²) >= 11 is 0. The second kappa shape index (κ2) is 4.94.